The van der Waals surface area contributed by atoms with Gasteiger partial charge in [0.2, 0.25) is 0 Å². The van der Waals surface area contributed by atoms with E-state index in [1.54, 1.807) is 52.0 Å². The van der Waals surface area contributed by atoms with Crippen LogP contribution in [0.5, 0.6) is 0 Å². The molecule has 0 saturated heterocycles. The van der Waals surface area contributed by atoms with Crippen molar-refractivity contribution < 1.29 is 23.9 Å². The van der Waals surface area contributed by atoms with Crippen LogP contribution in [0.25, 0.3) is 5.53 Å². The van der Waals surface area contributed by atoms with E-state index in [1.807, 2.05) is 0 Å². The minimum absolute atomic E-state index is 0.0949. The summed E-state index contributed by atoms with van der Waals surface area (Å²) in [4.78, 5) is 27.0. The summed E-state index contributed by atoms with van der Waals surface area (Å²) in [6.07, 6.45) is -0.770. The van der Waals surface area contributed by atoms with E-state index in [4.69, 9.17) is 21.1 Å². The summed E-state index contributed by atoms with van der Waals surface area (Å²) >= 11 is 5.85. The molecule has 1 aromatic carbocycles. The molecule has 1 unspecified atom stereocenters. The number of benzene rings is 1. The van der Waals surface area contributed by atoms with Crippen LogP contribution in [0.3, 0.4) is 0 Å². The Hall–Kier alpha value is -2.37. The fraction of sp³-hybridized carbons (Fsp3) is 0.438. The van der Waals surface area contributed by atoms with E-state index in [0.29, 0.717) is 10.6 Å². The minimum atomic E-state index is -1.05. The highest BCUT2D eigenvalue weighted by Crippen LogP contribution is 2.19. The second-order valence-corrected chi connectivity index (χ2v) is 6.27. The number of nitrogens with one attached hydrogen (secondary N) is 1. The number of rotatable bonds is 5. The Morgan fingerprint density at radius 2 is 1.88 bits per heavy atom. The Kier molecular flexibility index (Phi) is 6.95. The minimum Gasteiger partial charge on any atom is -0.457 e. The lowest BCUT2D eigenvalue weighted by atomic mass is 10.0. The number of ether oxygens (including phenoxy) is 2. The Balaban J connectivity index is 3.16. The van der Waals surface area contributed by atoms with Gasteiger partial charge in [-0.05, 0) is 45.4 Å². The normalized spacial score (nSPS) is 11.9. The van der Waals surface area contributed by atoms with Gasteiger partial charge in [-0.15, -0.1) is 0 Å². The first-order chi connectivity index (χ1) is 11.2. The Labute approximate surface area is 145 Å². The average molecular weight is 354 g/mol. The summed E-state index contributed by atoms with van der Waals surface area (Å²) in [6.45, 7) is 6.83. The molecule has 1 N–H and O–H groups in total. The van der Waals surface area contributed by atoms with Crippen molar-refractivity contribution in [2.45, 2.75) is 39.3 Å². The third kappa shape index (κ3) is 6.02. The topological polar surface area (TPSA) is 101 Å². The van der Waals surface area contributed by atoms with E-state index in [0.717, 1.165) is 0 Å². The van der Waals surface area contributed by atoms with Crippen LogP contribution in [0.15, 0.2) is 24.3 Å². The molecule has 130 valence electrons. The first-order valence-corrected chi connectivity index (χ1v) is 7.69. The van der Waals surface area contributed by atoms with Crippen LogP contribution in [0.1, 0.15) is 39.3 Å². The van der Waals surface area contributed by atoms with E-state index in [-0.39, 0.29) is 12.3 Å². The lowest BCUT2D eigenvalue weighted by Crippen LogP contribution is -2.41. The van der Waals surface area contributed by atoms with Crippen molar-refractivity contribution in [3.05, 3.63) is 40.4 Å². The smallest absolute Gasteiger partial charge is 0.419 e. The zero-order valence-corrected chi connectivity index (χ0v) is 14.8. The van der Waals surface area contributed by atoms with Gasteiger partial charge in [-0.1, -0.05) is 23.7 Å². The van der Waals surface area contributed by atoms with Crippen molar-refractivity contribution in [2.75, 3.05) is 6.61 Å². The van der Waals surface area contributed by atoms with Crippen LogP contribution in [0, 0.1) is 0 Å². The summed E-state index contributed by atoms with van der Waals surface area (Å²) < 4.78 is 10.0. The highest BCUT2D eigenvalue weighted by molar-refractivity contribution is 6.36. The second kappa shape index (κ2) is 8.47. The lowest BCUT2D eigenvalue weighted by Gasteiger charge is -2.22. The van der Waals surface area contributed by atoms with Gasteiger partial charge in [0.25, 0.3) is 0 Å². The molecule has 0 heterocycles. The lowest BCUT2D eigenvalue weighted by molar-refractivity contribution is -0.140. The van der Waals surface area contributed by atoms with Crippen LogP contribution in [-0.2, 0) is 14.3 Å². The number of hydrogen-bond acceptors (Lipinski definition) is 4. The number of halogens is 1. The summed E-state index contributed by atoms with van der Waals surface area (Å²) in [5.74, 6) is -0.851. The maximum absolute atomic E-state index is 12.1. The van der Waals surface area contributed by atoms with Gasteiger partial charge in [0, 0.05) is 5.02 Å². The molecule has 0 spiro atoms. The van der Waals surface area contributed by atoms with E-state index in [1.165, 1.54) is 0 Å². The average Bonchev–Trinajstić information content (AvgIpc) is 2.46. The molecule has 1 aromatic rings. The molecule has 8 heteroatoms. The Morgan fingerprint density at radius 3 is 2.33 bits per heavy atom. The van der Waals surface area contributed by atoms with Gasteiger partial charge >= 0.3 is 17.8 Å². The van der Waals surface area contributed by atoms with E-state index in [9.17, 15) is 15.1 Å². The van der Waals surface area contributed by atoms with Gasteiger partial charge in [0.15, 0.2) is 6.04 Å². The molecule has 1 amide bonds. The van der Waals surface area contributed by atoms with Crippen molar-refractivity contribution in [3.63, 3.8) is 0 Å². The Morgan fingerprint density at radius 1 is 1.29 bits per heavy atom. The third-order valence-electron chi connectivity index (χ3n) is 2.73. The molecular formula is C16H20ClN3O4. The van der Waals surface area contributed by atoms with E-state index >= 15 is 0 Å². The van der Waals surface area contributed by atoms with E-state index in [2.05, 4.69) is 10.1 Å². The number of amides is 1. The summed E-state index contributed by atoms with van der Waals surface area (Å²) in [5.41, 5.74) is 8.60. The molecule has 24 heavy (non-hydrogen) atoms. The van der Waals surface area contributed by atoms with Crippen LogP contribution in [-0.4, -0.2) is 34.8 Å². The summed E-state index contributed by atoms with van der Waals surface area (Å²) in [5, 5.41) is 2.98. The monoisotopic (exact) mass is 353 g/mol. The first-order valence-electron chi connectivity index (χ1n) is 7.32. The molecule has 0 saturated carbocycles. The van der Waals surface area contributed by atoms with Crippen molar-refractivity contribution in [2.24, 2.45) is 0 Å². The van der Waals surface area contributed by atoms with Crippen molar-refractivity contribution in [1.29, 1.82) is 0 Å². The zero-order valence-electron chi connectivity index (χ0n) is 14.0. The predicted octanol–water partition coefficient (Wildman–Crippen LogP) is 3.14. The number of nitrogens with zero attached hydrogens (tertiary/aromatic N) is 2. The molecule has 0 aromatic heterocycles. The molecule has 0 aliphatic heterocycles. The predicted molar refractivity (Wildman–Crippen MR) is 88.8 cm³/mol. The fourth-order valence-electron chi connectivity index (χ4n) is 1.81. The maximum Gasteiger partial charge on any atom is 0.419 e. The quantitative estimate of drug-likeness (QED) is 0.380. The summed E-state index contributed by atoms with van der Waals surface area (Å²) in [6, 6.07) is 5.30. The van der Waals surface area contributed by atoms with Gasteiger partial charge in [0.05, 0.1) is 6.61 Å². The van der Waals surface area contributed by atoms with Gasteiger partial charge < -0.3 is 20.3 Å². The Bertz CT molecular complexity index is 646. The van der Waals surface area contributed by atoms with Gasteiger partial charge in [0.1, 0.15) is 5.60 Å². The first kappa shape index (κ1) is 19.7. The molecule has 1 rings (SSSR count). The standard InChI is InChI=1S/C16H20ClN3O4/c1-5-23-14(21)13(20-18)12(10-6-8-11(17)9-7-10)19-15(22)24-16(2,3)4/h6-9,12H,5H2,1-4H3,(H,19,22). The fourth-order valence-corrected chi connectivity index (χ4v) is 1.94. The van der Waals surface area contributed by atoms with Crippen LogP contribution >= 0.6 is 11.6 Å². The molecule has 0 radical (unpaired) electrons. The molecule has 0 bridgehead atoms. The molecule has 0 aliphatic carbocycles. The SMILES string of the molecule is CCOC(=O)C(=[N+]=[N-])C(NC(=O)OC(C)(C)C)c1ccc(Cl)cc1. The third-order valence-corrected chi connectivity index (χ3v) is 2.98. The van der Waals surface area contributed by atoms with Gasteiger partial charge in [-0.2, -0.15) is 4.79 Å². The largest absolute Gasteiger partial charge is 0.457 e. The van der Waals surface area contributed by atoms with Crippen molar-refractivity contribution in [1.82, 2.24) is 5.32 Å². The van der Waals surface area contributed by atoms with Crippen molar-refractivity contribution in [3.8, 4) is 0 Å². The highest BCUT2D eigenvalue weighted by Gasteiger charge is 2.36. The second-order valence-electron chi connectivity index (χ2n) is 5.84. The van der Waals surface area contributed by atoms with E-state index < -0.39 is 23.7 Å². The molecular weight excluding hydrogens is 334 g/mol. The number of carbonyl (C=O) groups is 2. The molecule has 7 nitrogen and oxygen atoms in total. The van der Waals surface area contributed by atoms with Crippen LogP contribution in [0.2, 0.25) is 5.02 Å². The maximum atomic E-state index is 12.1. The highest BCUT2D eigenvalue weighted by atomic mass is 35.5. The van der Waals surface area contributed by atoms with Crippen LogP contribution < -0.4 is 5.32 Å². The molecule has 1 atom stereocenters. The van der Waals surface area contributed by atoms with Gasteiger partial charge in [-0.3, -0.25) is 0 Å². The molecule has 0 aliphatic rings. The molecule has 0 fully saturated rings. The van der Waals surface area contributed by atoms with Gasteiger partial charge in [-0.25, -0.2) is 9.59 Å². The summed E-state index contributed by atoms with van der Waals surface area (Å²) in [7, 11) is 0. The number of carbonyl (C=O) groups excluding carboxylic acids is 2. The number of esters is 1. The number of alkyl carbamates (subject to hydrolysis) is 1. The van der Waals surface area contributed by atoms with Crippen LogP contribution in [0.4, 0.5) is 4.79 Å². The zero-order chi connectivity index (χ0) is 18.3. The number of hydrogen-bond donors (Lipinski definition) is 1. The van der Waals surface area contributed by atoms with Crippen molar-refractivity contribution >= 4 is 29.4 Å².